The summed E-state index contributed by atoms with van der Waals surface area (Å²) < 4.78 is 5.13. The molecule has 1 aromatic heterocycles. The third-order valence-electron chi connectivity index (χ3n) is 5.07. The Labute approximate surface area is 163 Å². The first-order valence-corrected chi connectivity index (χ1v) is 9.24. The summed E-state index contributed by atoms with van der Waals surface area (Å²) in [4.78, 5) is 33.5. The Hall–Kier alpha value is -3.41. The van der Waals surface area contributed by atoms with E-state index in [1.165, 1.54) is 0 Å². The lowest BCUT2D eigenvalue weighted by Crippen LogP contribution is -2.50. The van der Waals surface area contributed by atoms with Crippen LogP contribution in [0, 0.1) is 0 Å². The van der Waals surface area contributed by atoms with Crippen molar-refractivity contribution >= 4 is 22.6 Å². The van der Waals surface area contributed by atoms with E-state index in [1.54, 1.807) is 47.4 Å². The van der Waals surface area contributed by atoms with Crippen LogP contribution in [0.25, 0.3) is 10.8 Å². The summed E-state index contributed by atoms with van der Waals surface area (Å²) >= 11 is 0. The Balaban J connectivity index is 1.44. The van der Waals surface area contributed by atoms with E-state index in [0.717, 1.165) is 16.5 Å². The fourth-order valence-electron chi connectivity index (χ4n) is 3.47. The predicted octanol–water partition coefficient (Wildman–Crippen LogP) is 2.84. The highest BCUT2D eigenvalue weighted by Crippen LogP contribution is 2.19. The smallest absolute Gasteiger partial charge is 0.273 e. The third-order valence-corrected chi connectivity index (χ3v) is 5.07. The van der Waals surface area contributed by atoms with Crippen LogP contribution in [-0.4, -0.2) is 59.9 Å². The number of carbonyl (C=O) groups excluding carboxylic acids is 2. The van der Waals surface area contributed by atoms with Gasteiger partial charge in [-0.1, -0.05) is 24.3 Å². The number of nitrogens with zero attached hydrogens (tertiary/aromatic N) is 3. The summed E-state index contributed by atoms with van der Waals surface area (Å²) in [6, 6.07) is 16.7. The normalized spacial score (nSPS) is 14.2. The Morgan fingerprint density at radius 1 is 0.857 bits per heavy atom. The third kappa shape index (κ3) is 3.41. The summed E-state index contributed by atoms with van der Waals surface area (Å²) in [5, 5.41) is 1.85. The molecule has 142 valence electrons. The summed E-state index contributed by atoms with van der Waals surface area (Å²) in [7, 11) is 1.60. The van der Waals surface area contributed by atoms with Crippen LogP contribution < -0.4 is 4.74 Å². The van der Waals surface area contributed by atoms with Crippen LogP contribution in [0.3, 0.4) is 0 Å². The Kier molecular flexibility index (Phi) is 4.93. The molecule has 0 unspecified atom stereocenters. The SMILES string of the molecule is COc1ccc(C(=O)N2CCN(C(=O)c3nccc4ccccc34)CC2)cc1. The molecule has 2 heterocycles. The predicted molar refractivity (Wildman–Crippen MR) is 107 cm³/mol. The molecule has 0 spiro atoms. The average Bonchev–Trinajstić information content (AvgIpc) is 2.78. The van der Waals surface area contributed by atoms with Gasteiger partial charge in [-0.15, -0.1) is 0 Å². The molecule has 1 aliphatic heterocycles. The van der Waals surface area contributed by atoms with Gasteiger partial charge in [-0.25, -0.2) is 0 Å². The highest BCUT2D eigenvalue weighted by Gasteiger charge is 2.26. The highest BCUT2D eigenvalue weighted by molar-refractivity contribution is 6.05. The number of carbonyl (C=O) groups is 2. The minimum absolute atomic E-state index is 0.0296. The van der Waals surface area contributed by atoms with Gasteiger partial charge in [-0.2, -0.15) is 0 Å². The maximum Gasteiger partial charge on any atom is 0.273 e. The van der Waals surface area contributed by atoms with E-state index < -0.39 is 0 Å². The molecule has 0 atom stereocenters. The lowest BCUT2D eigenvalue weighted by atomic mass is 10.1. The summed E-state index contributed by atoms with van der Waals surface area (Å²) in [5.74, 6) is 0.598. The quantitative estimate of drug-likeness (QED) is 0.706. The number of aromatic nitrogens is 1. The number of amides is 2. The van der Waals surface area contributed by atoms with Crippen LogP contribution in [0.2, 0.25) is 0 Å². The van der Waals surface area contributed by atoms with Crippen LogP contribution in [-0.2, 0) is 0 Å². The topological polar surface area (TPSA) is 62.7 Å². The van der Waals surface area contributed by atoms with Crippen molar-refractivity contribution in [2.75, 3.05) is 33.3 Å². The van der Waals surface area contributed by atoms with E-state index >= 15 is 0 Å². The lowest BCUT2D eigenvalue weighted by molar-refractivity contribution is 0.0533. The van der Waals surface area contributed by atoms with E-state index in [9.17, 15) is 9.59 Å². The van der Waals surface area contributed by atoms with Crippen molar-refractivity contribution in [3.8, 4) is 5.75 Å². The van der Waals surface area contributed by atoms with E-state index in [-0.39, 0.29) is 11.8 Å². The van der Waals surface area contributed by atoms with Gasteiger partial charge in [0.2, 0.25) is 0 Å². The Bertz CT molecular complexity index is 1000. The van der Waals surface area contributed by atoms with Crippen molar-refractivity contribution in [2.45, 2.75) is 0 Å². The fourth-order valence-corrected chi connectivity index (χ4v) is 3.47. The Morgan fingerprint density at radius 3 is 2.18 bits per heavy atom. The zero-order valence-electron chi connectivity index (χ0n) is 15.7. The van der Waals surface area contributed by atoms with Gasteiger partial charge in [-0.3, -0.25) is 14.6 Å². The van der Waals surface area contributed by atoms with Gasteiger partial charge in [0.25, 0.3) is 11.8 Å². The molecule has 1 fully saturated rings. The van der Waals surface area contributed by atoms with Crippen LogP contribution in [0.1, 0.15) is 20.8 Å². The van der Waals surface area contributed by atoms with Crippen LogP contribution in [0.5, 0.6) is 5.75 Å². The molecule has 6 heteroatoms. The molecule has 0 aliphatic carbocycles. The molecule has 0 N–H and O–H groups in total. The second-order valence-corrected chi connectivity index (χ2v) is 6.69. The zero-order valence-corrected chi connectivity index (χ0v) is 15.7. The molecule has 0 saturated carbocycles. The van der Waals surface area contributed by atoms with Crippen molar-refractivity contribution in [3.63, 3.8) is 0 Å². The number of fused-ring (bicyclic) bond motifs is 1. The van der Waals surface area contributed by atoms with Crippen LogP contribution >= 0.6 is 0 Å². The number of hydrogen-bond donors (Lipinski definition) is 0. The van der Waals surface area contributed by atoms with Gasteiger partial charge in [0.15, 0.2) is 0 Å². The number of benzene rings is 2. The minimum Gasteiger partial charge on any atom is -0.497 e. The van der Waals surface area contributed by atoms with Gasteiger partial charge in [0, 0.05) is 43.3 Å². The Morgan fingerprint density at radius 2 is 1.50 bits per heavy atom. The van der Waals surface area contributed by atoms with E-state index in [1.807, 2.05) is 30.3 Å². The number of pyridine rings is 1. The number of hydrogen-bond acceptors (Lipinski definition) is 4. The van der Waals surface area contributed by atoms with Crippen molar-refractivity contribution < 1.29 is 14.3 Å². The molecular formula is C22H21N3O3. The molecule has 0 bridgehead atoms. The van der Waals surface area contributed by atoms with E-state index in [0.29, 0.717) is 37.4 Å². The highest BCUT2D eigenvalue weighted by atomic mass is 16.5. The molecule has 1 saturated heterocycles. The molecule has 6 nitrogen and oxygen atoms in total. The van der Waals surface area contributed by atoms with Crippen LogP contribution in [0.4, 0.5) is 0 Å². The lowest BCUT2D eigenvalue weighted by Gasteiger charge is -2.34. The van der Waals surface area contributed by atoms with Crippen molar-refractivity contribution in [2.24, 2.45) is 0 Å². The van der Waals surface area contributed by atoms with Crippen LogP contribution in [0.15, 0.2) is 60.8 Å². The van der Waals surface area contributed by atoms with Gasteiger partial charge in [0.05, 0.1) is 7.11 Å². The molecule has 28 heavy (non-hydrogen) atoms. The number of methoxy groups -OCH3 is 1. The minimum atomic E-state index is -0.0895. The molecule has 4 rings (SSSR count). The fraction of sp³-hybridized carbons (Fsp3) is 0.227. The van der Waals surface area contributed by atoms with E-state index in [4.69, 9.17) is 4.74 Å². The summed E-state index contributed by atoms with van der Waals surface area (Å²) in [6.07, 6.45) is 1.67. The first-order chi connectivity index (χ1) is 13.7. The monoisotopic (exact) mass is 375 g/mol. The van der Waals surface area contributed by atoms with E-state index in [2.05, 4.69) is 4.98 Å². The van der Waals surface area contributed by atoms with Gasteiger partial charge in [0.1, 0.15) is 11.4 Å². The largest absolute Gasteiger partial charge is 0.497 e. The standard InChI is InChI=1S/C22H21N3O3/c1-28-18-8-6-17(7-9-18)21(26)24-12-14-25(15-13-24)22(27)20-19-5-3-2-4-16(19)10-11-23-20/h2-11H,12-15H2,1H3. The number of rotatable bonds is 3. The first-order valence-electron chi connectivity index (χ1n) is 9.24. The van der Waals surface area contributed by atoms with Gasteiger partial charge < -0.3 is 14.5 Å². The molecule has 2 amide bonds. The van der Waals surface area contributed by atoms with Gasteiger partial charge >= 0.3 is 0 Å². The van der Waals surface area contributed by atoms with Crippen molar-refractivity contribution in [1.29, 1.82) is 0 Å². The zero-order chi connectivity index (χ0) is 19.5. The maximum atomic E-state index is 13.0. The second-order valence-electron chi connectivity index (χ2n) is 6.69. The second kappa shape index (κ2) is 7.68. The molecule has 0 radical (unpaired) electrons. The molecular weight excluding hydrogens is 354 g/mol. The van der Waals surface area contributed by atoms with Crippen molar-refractivity contribution in [3.05, 3.63) is 72.1 Å². The summed E-state index contributed by atoms with van der Waals surface area (Å²) in [6.45, 7) is 1.99. The maximum absolute atomic E-state index is 13.0. The van der Waals surface area contributed by atoms with Gasteiger partial charge in [-0.05, 0) is 35.7 Å². The van der Waals surface area contributed by atoms with Crippen molar-refractivity contribution in [1.82, 2.24) is 14.8 Å². The first kappa shape index (κ1) is 18.0. The average molecular weight is 375 g/mol. The molecule has 2 aromatic carbocycles. The number of ether oxygens (including phenoxy) is 1. The number of piperazine rings is 1. The molecule has 1 aliphatic rings. The summed E-state index contributed by atoms with van der Waals surface area (Å²) in [5.41, 5.74) is 1.09. The molecule has 3 aromatic rings.